The van der Waals surface area contributed by atoms with Crippen LogP contribution >= 0.6 is 0 Å². The zero-order valence-electron chi connectivity index (χ0n) is 6.66. The van der Waals surface area contributed by atoms with Gasteiger partial charge in [0.05, 0.1) is 6.57 Å². The van der Waals surface area contributed by atoms with Gasteiger partial charge >= 0.3 is 0 Å². The van der Waals surface area contributed by atoms with Crippen molar-refractivity contribution in [2.45, 2.75) is 12.8 Å². The highest BCUT2D eigenvalue weighted by Gasteiger charge is 1.93. The normalized spacial score (nSPS) is 8.92. The first-order valence-corrected chi connectivity index (χ1v) is 3.77. The van der Waals surface area contributed by atoms with Crippen molar-refractivity contribution in [3.63, 3.8) is 0 Å². The number of nitrogens with zero attached hydrogens (tertiary/aromatic N) is 1. The van der Waals surface area contributed by atoms with Crippen molar-refractivity contribution in [1.82, 2.24) is 0 Å². The molecule has 0 saturated heterocycles. The summed E-state index contributed by atoms with van der Waals surface area (Å²) in [7, 11) is 0. The average molecular weight is 159 g/mol. The maximum atomic E-state index is 10.1. The molecule has 0 atom stereocenters. The summed E-state index contributed by atoms with van der Waals surface area (Å²) in [5, 5.41) is 0. The number of hydrogen-bond acceptors (Lipinski definition) is 1. The molecule has 1 aromatic rings. The highest BCUT2D eigenvalue weighted by atomic mass is 16.1. The van der Waals surface area contributed by atoms with Crippen molar-refractivity contribution >= 4 is 12.0 Å². The minimum Gasteiger partial charge on any atom is -0.303 e. The summed E-state index contributed by atoms with van der Waals surface area (Å²) in [6.45, 7) is 6.77. The first-order chi connectivity index (χ1) is 5.86. The molecular weight excluding hydrogens is 150 g/mol. The predicted molar refractivity (Wildman–Crippen MR) is 47.1 cm³/mol. The number of carbonyl (C=O) groups excluding carboxylic acids is 1. The second kappa shape index (κ2) is 4.30. The Morgan fingerprint density at radius 3 is 3.00 bits per heavy atom. The monoisotopic (exact) mass is 159 g/mol. The lowest BCUT2D eigenvalue weighted by molar-refractivity contribution is -0.107. The van der Waals surface area contributed by atoms with Crippen LogP contribution in [0.5, 0.6) is 0 Å². The third-order valence-corrected chi connectivity index (χ3v) is 1.59. The van der Waals surface area contributed by atoms with Crippen LogP contribution in [-0.2, 0) is 11.2 Å². The topological polar surface area (TPSA) is 21.4 Å². The van der Waals surface area contributed by atoms with Gasteiger partial charge in [-0.2, -0.15) is 0 Å². The van der Waals surface area contributed by atoms with Crippen LogP contribution in [0.3, 0.4) is 0 Å². The standard InChI is InChI=1S/C10H9NO/c1-11-10-6-2-4-9(8-10)5-3-7-12/h2,4,6-8H,3,5H2. The minimum atomic E-state index is 0.529. The van der Waals surface area contributed by atoms with Gasteiger partial charge in [0.25, 0.3) is 0 Å². The van der Waals surface area contributed by atoms with Crippen LogP contribution in [0.4, 0.5) is 5.69 Å². The van der Waals surface area contributed by atoms with Crippen LogP contribution in [0, 0.1) is 6.57 Å². The van der Waals surface area contributed by atoms with Crippen molar-refractivity contribution in [2.24, 2.45) is 0 Å². The van der Waals surface area contributed by atoms with Crippen molar-refractivity contribution in [2.75, 3.05) is 0 Å². The minimum absolute atomic E-state index is 0.529. The van der Waals surface area contributed by atoms with E-state index in [0.717, 1.165) is 18.3 Å². The Morgan fingerprint density at radius 1 is 1.50 bits per heavy atom. The molecule has 0 aliphatic rings. The smallest absolute Gasteiger partial charge is 0.187 e. The van der Waals surface area contributed by atoms with E-state index >= 15 is 0 Å². The van der Waals surface area contributed by atoms with Gasteiger partial charge < -0.3 is 4.79 Å². The molecule has 0 amide bonds. The molecule has 1 aromatic carbocycles. The lowest BCUT2D eigenvalue weighted by Gasteiger charge is -1.96. The predicted octanol–water partition coefficient (Wildman–Crippen LogP) is 2.37. The summed E-state index contributed by atoms with van der Waals surface area (Å²) in [6.07, 6.45) is 2.15. The summed E-state index contributed by atoms with van der Waals surface area (Å²) in [4.78, 5) is 13.4. The second-order valence-corrected chi connectivity index (χ2v) is 2.49. The van der Waals surface area contributed by atoms with E-state index in [-0.39, 0.29) is 0 Å². The fourth-order valence-electron chi connectivity index (χ4n) is 1.01. The van der Waals surface area contributed by atoms with E-state index in [0.29, 0.717) is 12.1 Å². The molecule has 2 heteroatoms. The maximum Gasteiger partial charge on any atom is 0.187 e. The Hall–Kier alpha value is -1.62. The molecule has 60 valence electrons. The zero-order chi connectivity index (χ0) is 8.81. The third-order valence-electron chi connectivity index (χ3n) is 1.59. The molecule has 0 aromatic heterocycles. The summed E-state index contributed by atoms with van der Waals surface area (Å²) >= 11 is 0. The lowest BCUT2D eigenvalue weighted by Crippen LogP contribution is -1.84. The van der Waals surface area contributed by atoms with Gasteiger partial charge in [-0.05, 0) is 6.42 Å². The van der Waals surface area contributed by atoms with E-state index in [2.05, 4.69) is 4.85 Å². The fraction of sp³-hybridized carbons (Fsp3) is 0.200. The highest BCUT2D eigenvalue weighted by molar-refractivity contribution is 5.51. The molecule has 0 heterocycles. The van der Waals surface area contributed by atoms with Gasteiger partial charge in [-0.3, -0.25) is 0 Å². The van der Waals surface area contributed by atoms with Gasteiger partial charge in [-0.1, -0.05) is 29.8 Å². The van der Waals surface area contributed by atoms with E-state index < -0.39 is 0 Å². The van der Waals surface area contributed by atoms with Crippen LogP contribution in [0.2, 0.25) is 0 Å². The first-order valence-electron chi connectivity index (χ1n) is 3.77. The molecule has 0 spiro atoms. The molecule has 1 rings (SSSR count). The van der Waals surface area contributed by atoms with Gasteiger partial charge in [0.15, 0.2) is 5.69 Å². The zero-order valence-corrected chi connectivity index (χ0v) is 6.66. The Kier molecular flexibility index (Phi) is 3.04. The van der Waals surface area contributed by atoms with Gasteiger partial charge in [0.2, 0.25) is 0 Å². The Balaban J connectivity index is 2.74. The molecule has 2 nitrogen and oxygen atoms in total. The number of benzene rings is 1. The molecule has 0 unspecified atom stereocenters. The Bertz CT molecular complexity index is 312. The van der Waals surface area contributed by atoms with Crippen LogP contribution in [0.1, 0.15) is 12.0 Å². The fourth-order valence-corrected chi connectivity index (χ4v) is 1.01. The van der Waals surface area contributed by atoms with Crippen LogP contribution in [0.25, 0.3) is 4.85 Å². The molecule has 0 radical (unpaired) electrons. The van der Waals surface area contributed by atoms with Crippen LogP contribution in [0.15, 0.2) is 24.3 Å². The molecule has 0 bridgehead atoms. The van der Waals surface area contributed by atoms with Gasteiger partial charge in [-0.15, -0.1) is 0 Å². The van der Waals surface area contributed by atoms with Gasteiger partial charge in [0, 0.05) is 6.42 Å². The number of rotatable bonds is 3. The molecule has 0 aliphatic heterocycles. The molecule has 0 saturated carbocycles. The van der Waals surface area contributed by atoms with Gasteiger partial charge in [-0.25, -0.2) is 4.85 Å². The van der Waals surface area contributed by atoms with E-state index in [9.17, 15) is 4.79 Å². The van der Waals surface area contributed by atoms with Crippen molar-refractivity contribution in [3.8, 4) is 0 Å². The van der Waals surface area contributed by atoms with E-state index in [4.69, 9.17) is 6.57 Å². The average Bonchev–Trinajstić information content (AvgIpc) is 2.15. The third kappa shape index (κ3) is 2.21. The highest BCUT2D eigenvalue weighted by Crippen LogP contribution is 2.14. The molecule has 0 N–H and O–H groups in total. The Labute approximate surface area is 71.7 Å². The summed E-state index contributed by atoms with van der Waals surface area (Å²) < 4.78 is 0. The van der Waals surface area contributed by atoms with Crippen LogP contribution < -0.4 is 0 Å². The lowest BCUT2D eigenvalue weighted by atomic mass is 10.1. The second-order valence-electron chi connectivity index (χ2n) is 2.49. The molecule has 0 aliphatic carbocycles. The number of hydrogen-bond donors (Lipinski definition) is 0. The summed E-state index contributed by atoms with van der Waals surface area (Å²) in [5.41, 5.74) is 1.69. The largest absolute Gasteiger partial charge is 0.303 e. The first kappa shape index (κ1) is 8.48. The van der Waals surface area contributed by atoms with Crippen molar-refractivity contribution < 1.29 is 4.79 Å². The summed E-state index contributed by atoms with van der Waals surface area (Å²) in [6, 6.07) is 7.35. The van der Waals surface area contributed by atoms with Crippen molar-refractivity contribution in [1.29, 1.82) is 0 Å². The quantitative estimate of drug-likeness (QED) is 0.490. The van der Waals surface area contributed by atoms with E-state index in [1.54, 1.807) is 6.07 Å². The number of aldehydes is 1. The van der Waals surface area contributed by atoms with Crippen molar-refractivity contribution in [3.05, 3.63) is 41.2 Å². The summed E-state index contributed by atoms with van der Waals surface area (Å²) in [5.74, 6) is 0. The van der Waals surface area contributed by atoms with E-state index in [1.807, 2.05) is 18.2 Å². The number of carbonyl (C=O) groups is 1. The molecule has 12 heavy (non-hydrogen) atoms. The van der Waals surface area contributed by atoms with Gasteiger partial charge in [0.1, 0.15) is 6.29 Å². The molecular formula is C10H9NO. The Morgan fingerprint density at radius 2 is 2.33 bits per heavy atom. The SMILES string of the molecule is [C-]#[N+]c1cccc(CCC=O)c1. The van der Waals surface area contributed by atoms with Crippen LogP contribution in [-0.4, -0.2) is 6.29 Å². The van der Waals surface area contributed by atoms with E-state index in [1.165, 1.54) is 0 Å². The maximum absolute atomic E-state index is 10.1. The molecule has 0 fully saturated rings. The number of aryl methyl sites for hydroxylation is 1.